The molecule has 2 aliphatic rings. The van der Waals surface area contributed by atoms with Crippen molar-refractivity contribution in [2.75, 3.05) is 27.7 Å². The Kier molecular flexibility index (Phi) is 14.4. The van der Waals surface area contributed by atoms with Crippen LogP contribution in [-0.4, -0.2) is 130 Å². The van der Waals surface area contributed by atoms with Gasteiger partial charge in [0.2, 0.25) is 5.91 Å². The lowest BCUT2D eigenvalue weighted by atomic mass is 9.74. The number of hydrogen-bond donors (Lipinski definition) is 5. The Morgan fingerprint density at radius 1 is 1.13 bits per heavy atom. The quantitative estimate of drug-likeness (QED) is 0.268. The standard InChI is InChI=1S/C33H63N3O9/c1-13-24-15-26(38)20(4)28(45-34-23(7)37)21(5)30(44-31-27(39)25(35(10)11)14-19(3)43-31)32(8,41)16-18(2)17-36(12)22(6)29(40)33(24,9)42/h18-22,24-25,27-31,39-42H,13-17H2,1-12H3,(H,34,37)/t18-,19?,20+,21+,22-,24+,25?,27?,28-,29-,30-,31+,32-,33-/m1/s1. The minimum Gasteiger partial charge on any atom is -0.388 e. The number of hydrogen-bond acceptors (Lipinski definition) is 11. The fraction of sp³-hybridized carbons (Fsp3) is 0.939. The van der Waals surface area contributed by atoms with Crippen LogP contribution in [-0.2, 0) is 23.9 Å². The molecule has 2 saturated heterocycles. The van der Waals surface area contributed by atoms with Crippen LogP contribution in [0.5, 0.6) is 0 Å². The second-order valence-electron chi connectivity index (χ2n) is 14.8. The Bertz CT molecular complexity index is 964. The zero-order chi connectivity index (χ0) is 34.6. The summed E-state index contributed by atoms with van der Waals surface area (Å²) in [5, 5.41) is 46.5. The van der Waals surface area contributed by atoms with Crippen molar-refractivity contribution in [1.82, 2.24) is 15.3 Å². The normalized spacial score (nSPS) is 45.1. The number of Topliss-reactive ketones (excluding diaryl/α,β-unsaturated/α-hetero) is 1. The first-order chi connectivity index (χ1) is 20.6. The molecule has 2 fully saturated rings. The molecule has 14 atom stereocenters. The van der Waals surface area contributed by atoms with Crippen molar-refractivity contribution >= 4 is 11.7 Å². The number of ketones is 1. The molecule has 2 rings (SSSR count). The van der Waals surface area contributed by atoms with E-state index in [1.165, 1.54) is 6.92 Å². The van der Waals surface area contributed by atoms with Gasteiger partial charge in [0, 0.05) is 43.8 Å². The minimum atomic E-state index is -1.56. The molecule has 0 radical (unpaired) electrons. The Morgan fingerprint density at radius 3 is 2.27 bits per heavy atom. The first-order valence-electron chi connectivity index (χ1n) is 16.6. The molecule has 12 nitrogen and oxygen atoms in total. The lowest BCUT2D eigenvalue weighted by Crippen LogP contribution is -2.59. The topological polar surface area (TPSA) is 161 Å². The third-order valence-corrected chi connectivity index (χ3v) is 10.4. The number of aliphatic hydroxyl groups is 4. The Balaban J connectivity index is 2.66. The SMILES string of the molecule is CC[C@H]1CC(=O)[C@H](C)[C@@H](ONC(C)=O)[C@H](C)[C@@H](O[C@@H]2OC(C)CC(N(C)C)C2O)[C@](C)(O)C[C@@H](C)CN(C)[C@H](C)[C@@H](O)[C@]1(C)O. The molecular weight excluding hydrogens is 582 g/mol. The van der Waals surface area contributed by atoms with Gasteiger partial charge in [-0.15, -0.1) is 0 Å². The van der Waals surface area contributed by atoms with Crippen molar-refractivity contribution < 1.29 is 44.3 Å². The lowest BCUT2D eigenvalue weighted by Gasteiger charge is -2.47. The van der Waals surface area contributed by atoms with E-state index in [0.29, 0.717) is 19.4 Å². The molecule has 0 aromatic rings. The molecule has 0 aliphatic carbocycles. The van der Waals surface area contributed by atoms with Crippen LogP contribution in [0.1, 0.15) is 88.0 Å². The fourth-order valence-electron chi connectivity index (χ4n) is 7.52. The summed E-state index contributed by atoms with van der Waals surface area (Å²) in [7, 11) is 5.63. The molecule has 0 bridgehead atoms. The molecular formula is C33H63N3O9. The van der Waals surface area contributed by atoms with Gasteiger partial charge < -0.3 is 39.7 Å². The zero-order valence-electron chi connectivity index (χ0n) is 29.7. The van der Waals surface area contributed by atoms with Gasteiger partial charge in [-0.2, -0.15) is 0 Å². The summed E-state index contributed by atoms with van der Waals surface area (Å²) < 4.78 is 12.7. The Morgan fingerprint density at radius 2 is 1.73 bits per heavy atom. The van der Waals surface area contributed by atoms with E-state index in [2.05, 4.69) is 5.48 Å². The number of nitrogens with one attached hydrogen (secondary N) is 1. The summed E-state index contributed by atoms with van der Waals surface area (Å²) in [5.74, 6) is -2.83. The number of ether oxygens (including phenoxy) is 2. The summed E-state index contributed by atoms with van der Waals surface area (Å²) in [6.45, 7) is 16.2. The highest BCUT2D eigenvalue weighted by Crippen LogP contribution is 2.38. The molecule has 2 aliphatic heterocycles. The predicted octanol–water partition coefficient (Wildman–Crippen LogP) is 1.71. The highest BCUT2D eigenvalue weighted by atomic mass is 16.7. The first-order valence-corrected chi connectivity index (χ1v) is 16.6. The number of carbonyl (C=O) groups is 2. The van der Waals surface area contributed by atoms with Crippen LogP contribution in [0, 0.1) is 23.7 Å². The van der Waals surface area contributed by atoms with Crippen molar-refractivity contribution in [3.05, 3.63) is 0 Å². The van der Waals surface area contributed by atoms with Gasteiger partial charge in [0.05, 0.1) is 29.5 Å². The monoisotopic (exact) mass is 645 g/mol. The number of hydroxylamine groups is 1. The van der Waals surface area contributed by atoms with Crippen molar-refractivity contribution in [3.63, 3.8) is 0 Å². The predicted molar refractivity (Wildman–Crippen MR) is 171 cm³/mol. The third kappa shape index (κ3) is 9.90. The Labute approximate surface area is 270 Å². The van der Waals surface area contributed by atoms with Crippen LogP contribution in [0.15, 0.2) is 0 Å². The third-order valence-electron chi connectivity index (χ3n) is 10.4. The zero-order valence-corrected chi connectivity index (χ0v) is 29.7. The van der Waals surface area contributed by atoms with Gasteiger partial charge in [0.15, 0.2) is 6.29 Å². The molecule has 12 heteroatoms. The maximum absolute atomic E-state index is 13.9. The van der Waals surface area contributed by atoms with Crippen LogP contribution in [0.25, 0.3) is 0 Å². The molecule has 2 heterocycles. The number of carbonyl (C=O) groups excluding carboxylic acids is 2. The van der Waals surface area contributed by atoms with Gasteiger partial charge in [-0.1, -0.05) is 34.1 Å². The molecule has 0 saturated carbocycles. The number of amides is 1. The largest absolute Gasteiger partial charge is 0.388 e. The Hall–Kier alpha value is -1.22. The first kappa shape index (κ1) is 40.0. The van der Waals surface area contributed by atoms with Crippen LogP contribution in [0.4, 0.5) is 0 Å². The highest BCUT2D eigenvalue weighted by molar-refractivity contribution is 5.81. The van der Waals surface area contributed by atoms with E-state index in [-0.39, 0.29) is 36.7 Å². The number of aliphatic hydroxyl groups excluding tert-OH is 2. The maximum atomic E-state index is 13.9. The second kappa shape index (κ2) is 16.3. The van der Waals surface area contributed by atoms with Gasteiger partial charge in [-0.05, 0) is 73.5 Å². The van der Waals surface area contributed by atoms with E-state index in [1.807, 2.05) is 58.6 Å². The molecule has 5 N–H and O–H groups in total. The molecule has 0 aromatic carbocycles. The molecule has 3 unspecified atom stereocenters. The number of rotatable bonds is 6. The summed E-state index contributed by atoms with van der Waals surface area (Å²) >= 11 is 0. The van der Waals surface area contributed by atoms with E-state index in [4.69, 9.17) is 14.3 Å². The van der Waals surface area contributed by atoms with Gasteiger partial charge in [0.25, 0.3) is 0 Å². The second-order valence-corrected chi connectivity index (χ2v) is 14.8. The molecule has 0 spiro atoms. The van der Waals surface area contributed by atoms with E-state index >= 15 is 0 Å². The maximum Gasteiger partial charge on any atom is 0.240 e. The van der Waals surface area contributed by atoms with Crippen molar-refractivity contribution in [2.45, 2.75) is 148 Å². The average Bonchev–Trinajstić information content (AvgIpc) is 2.93. The van der Waals surface area contributed by atoms with Crippen molar-refractivity contribution in [1.29, 1.82) is 0 Å². The highest BCUT2D eigenvalue weighted by Gasteiger charge is 2.50. The van der Waals surface area contributed by atoms with Crippen LogP contribution in [0.2, 0.25) is 0 Å². The molecule has 264 valence electrons. The van der Waals surface area contributed by atoms with Crippen molar-refractivity contribution in [2.24, 2.45) is 23.7 Å². The van der Waals surface area contributed by atoms with Gasteiger partial charge in [0.1, 0.15) is 18.0 Å². The summed E-state index contributed by atoms with van der Waals surface area (Å²) in [4.78, 5) is 35.7. The van der Waals surface area contributed by atoms with Gasteiger partial charge in [-0.25, -0.2) is 5.48 Å². The van der Waals surface area contributed by atoms with E-state index in [9.17, 15) is 30.0 Å². The summed E-state index contributed by atoms with van der Waals surface area (Å²) in [6, 6.07) is -0.691. The minimum absolute atomic E-state index is 0.0321. The number of nitrogens with zero attached hydrogens (tertiary/aromatic N) is 2. The van der Waals surface area contributed by atoms with Gasteiger partial charge in [-0.3, -0.25) is 14.4 Å². The van der Waals surface area contributed by atoms with Crippen LogP contribution in [0.3, 0.4) is 0 Å². The molecule has 45 heavy (non-hydrogen) atoms. The van der Waals surface area contributed by atoms with E-state index < -0.39 is 71.6 Å². The van der Waals surface area contributed by atoms with E-state index in [1.54, 1.807) is 27.7 Å². The smallest absolute Gasteiger partial charge is 0.240 e. The fourth-order valence-corrected chi connectivity index (χ4v) is 7.52. The van der Waals surface area contributed by atoms with Crippen molar-refractivity contribution in [3.8, 4) is 0 Å². The summed E-state index contributed by atoms with van der Waals surface area (Å²) in [6.07, 6.45) is -4.12. The molecule has 1 amide bonds. The van der Waals surface area contributed by atoms with Crippen LogP contribution < -0.4 is 5.48 Å². The molecule has 0 aromatic heterocycles. The van der Waals surface area contributed by atoms with Gasteiger partial charge >= 0.3 is 0 Å². The average molecular weight is 646 g/mol. The number of likely N-dealkylation sites (N-methyl/N-ethyl adjacent to an activating group) is 2. The van der Waals surface area contributed by atoms with E-state index in [0.717, 1.165) is 0 Å². The summed E-state index contributed by atoms with van der Waals surface area (Å²) in [5.41, 5.74) is -0.679. The van der Waals surface area contributed by atoms with Crippen LogP contribution >= 0.6 is 0 Å². The lowest BCUT2D eigenvalue weighted by molar-refractivity contribution is -0.301.